The Balaban J connectivity index is 2.58. The number of carboxylic acids is 1. The number of ether oxygens (including phenoxy) is 1. The van der Waals surface area contributed by atoms with Crippen molar-refractivity contribution < 1.29 is 14.6 Å². The standard InChI is InChI=1S/C9H17NO3/c1-13-7-5-3-2-4-6(7)8(10)9(11)12/h6-8H,2-5,10H2,1H3,(H,11,12)/t6-,7-,8+/m1/s1. The maximum Gasteiger partial charge on any atom is 0.320 e. The van der Waals surface area contributed by atoms with Crippen molar-refractivity contribution >= 4 is 5.97 Å². The fraction of sp³-hybridized carbons (Fsp3) is 0.889. The third kappa shape index (κ3) is 2.42. The Bertz CT molecular complexity index is 184. The maximum absolute atomic E-state index is 10.7. The molecule has 4 nitrogen and oxygen atoms in total. The number of rotatable bonds is 3. The van der Waals surface area contributed by atoms with Gasteiger partial charge in [-0.2, -0.15) is 0 Å². The number of nitrogens with two attached hydrogens (primary N) is 1. The van der Waals surface area contributed by atoms with Crippen molar-refractivity contribution in [2.24, 2.45) is 11.7 Å². The van der Waals surface area contributed by atoms with Gasteiger partial charge in [0, 0.05) is 13.0 Å². The largest absolute Gasteiger partial charge is 0.480 e. The highest BCUT2D eigenvalue weighted by Crippen LogP contribution is 2.28. The van der Waals surface area contributed by atoms with Crippen molar-refractivity contribution in [1.82, 2.24) is 0 Å². The molecule has 4 heteroatoms. The van der Waals surface area contributed by atoms with Crippen LogP contribution in [0.15, 0.2) is 0 Å². The Labute approximate surface area is 78.1 Å². The topological polar surface area (TPSA) is 72.5 Å². The molecule has 1 fully saturated rings. The van der Waals surface area contributed by atoms with Gasteiger partial charge in [0.1, 0.15) is 6.04 Å². The van der Waals surface area contributed by atoms with E-state index in [4.69, 9.17) is 15.6 Å². The van der Waals surface area contributed by atoms with Crippen LogP contribution in [-0.2, 0) is 9.53 Å². The highest BCUT2D eigenvalue weighted by molar-refractivity contribution is 5.73. The SMILES string of the molecule is CO[C@@H]1CCCC[C@H]1[C@H](N)C(=O)O. The lowest BCUT2D eigenvalue weighted by molar-refractivity contribution is -0.142. The zero-order valence-electron chi connectivity index (χ0n) is 7.90. The second-order valence-corrected chi connectivity index (χ2v) is 3.59. The van der Waals surface area contributed by atoms with Crippen molar-refractivity contribution in [3.63, 3.8) is 0 Å². The van der Waals surface area contributed by atoms with Crippen molar-refractivity contribution in [1.29, 1.82) is 0 Å². The van der Waals surface area contributed by atoms with E-state index in [9.17, 15) is 4.79 Å². The lowest BCUT2D eigenvalue weighted by Crippen LogP contribution is -2.45. The van der Waals surface area contributed by atoms with Gasteiger partial charge >= 0.3 is 5.97 Å². The fourth-order valence-corrected chi connectivity index (χ4v) is 2.01. The van der Waals surface area contributed by atoms with Crippen LogP contribution in [0.5, 0.6) is 0 Å². The van der Waals surface area contributed by atoms with Crippen molar-refractivity contribution in [3.05, 3.63) is 0 Å². The van der Waals surface area contributed by atoms with Crippen LogP contribution < -0.4 is 5.73 Å². The Morgan fingerprint density at radius 1 is 1.54 bits per heavy atom. The van der Waals surface area contributed by atoms with E-state index in [-0.39, 0.29) is 12.0 Å². The van der Waals surface area contributed by atoms with Crippen LogP contribution in [0.25, 0.3) is 0 Å². The molecule has 0 aliphatic heterocycles. The molecule has 1 saturated carbocycles. The van der Waals surface area contributed by atoms with Gasteiger partial charge in [-0.3, -0.25) is 4.79 Å². The van der Waals surface area contributed by atoms with Gasteiger partial charge in [-0.1, -0.05) is 12.8 Å². The first-order valence-corrected chi connectivity index (χ1v) is 4.68. The van der Waals surface area contributed by atoms with Crippen molar-refractivity contribution in [2.45, 2.75) is 37.8 Å². The summed E-state index contributed by atoms with van der Waals surface area (Å²) in [5, 5.41) is 8.77. The molecule has 1 rings (SSSR count). The summed E-state index contributed by atoms with van der Waals surface area (Å²) in [6.45, 7) is 0. The van der Waals surface area contributed by atoms with Crippen LogP contribution in [-0.4, -0.2) is 30.3 Å². The minimum atomic E-state index is -0.922. The number of carbonyl (C=O) groups is 1. The van der Waals surface area contributed by atoms with Crippen molar-refractivity contribution in [3.8, 4) is 0 Å². The van der Waals surface area contributed by atoms with Crippen LogP contribution in [0.2, 0.25) is 0 Å². The van der Waals surface area contributed by atoms with Crippen LogP contribution in [0.4, 0.5) is 0 Å². The monoisotopic (exact) mass is 187 g/mol. The molecule has 1 aliphatic carbocycles. The highest BCUT2D eigenvalue weighted by Gasteiger charge is 2.33. The molecule has 0 radical (unpaired) electrons. The quantitative estimate of drug-likeness (QED) is 0.678. The molecule has 0 aromatic heterocycles. The number of methoxy groups -OCH3 is 1. The number of aliphatic carboxylic acids is 1. The first-order chi connectivity index (χ1) is 6.16. The number of hydrogen-bond donors (Lipinski definition) is 2. The van der Waals surface area contributed by atoms with Gasteiger partial charge in [0.25, 0.3) is 0 Å². The molecule has 0 aromatic carbocycles. The molecule has 13 heavy (non-hydrogen) atoms. The summed E-state index contributed by atoms with van der Waals surface area (Å²) in [4.78, 5) is 10.7. The Morgan fingerprint density at radius 3 is 2.69 bits per heavy atom. The maximum atomic E-state index is 10.7. The Kier molecular flexibility index (Phi) is 3.69. The number of hydrogen-bond acceptors (Lipinski definition) is 3. The summed E-state index contributed by atoms with van der Waals surface area (Å²) in [6.07, 6.45) is 4.00. The minimum Gasteiger partial charge on any atom is -0.480 e. The molecule has 0 unspecified atom stereocenters. The molecule has 1 aliphatic rings. The van der Waals surface area contributed by atoms with Gasteiger partial charge in [-0.05, 0) is 12.8 Å². The highest BCUT2D eigenvalue weighted by atomic mass is 16.5. The molecule has 76 valence electrons. The second kappa shape index (κ2) is 4.58. The van der Waals surface area contributed by atoms with E-state index in [1.807, 2.05) is 0 Å². The van der Waals surface area contributed by atoms with E-state index in [1.165, 1.54) is 0 Å². The molecule has 0 saturated heterocycles. The second-order valence-electron chi connectivity index (χ2n) is 3.59. The van der Waals surface area contributed by atoms with Crippen LogP contribution in [0, 0.1) is 5.92 Å². The van der Waals surface area contributed by atoms with E-state index in [2.05, 4.69) is 0 Å². The Morgan fingerprint density at radius 2 is 2.15 bits per heavy atom. The summed E-state index contributed by atoms with van der Waals surface area (Å²) in [6, 6.07) is -0.773. The molecule has 0 amide bonds. The lowest BCUT2D eigenvalue weighted by atomic mass is 9.82. The summed E-state index contributed by atoms with van der Waals surface area (Å²) in [5.41, 5.74) is 5.58. The van der Waals surface area contributed by atoms with Gasteiger partial charge in [0.05, 0.1) is 6.10 Å². The Hall–Kier alpha value is -0.610. The zero-order valence-corrected chi connectivity index (χ0v) is 7.90. The minimum absolute atomic E-state index is 0.0174. The third-order valence-electron chi connectivity index (χ3n) is 2.80. The van der Waals surface area contributed by atoms with Crippen molar-refractivity contribution in [2.75, 3.05) is 7.11 Å². The van der Waals surface area contributed by atoms with E-state index >= 15 is 0 Å². The molecule has 0 spiro atoms. The van der Waals surface area contributed by atoms with Gasteiger partial charge in [0.2, 0.25) is 0 Å². The van der Waals surface area contributed by atoms with E-state index in [0.29, 0.717) is 0 Å². The van der Waals surface area contributed by atoms with E-state index in [1.54, 1.807) is 7.11 Å². The van der Waals surface area contributed by atoms with Gasteiger partial charge in [0.15, 0.2) is 0 Å². The molecular formula is C9H17NO3. The fourth-order valence-electron chi connectivity index (χ4n) is 2.01. The van der Waals surface area contributed by atoms with Gasteiger partial charge < -0.3 is 15.6 Å². The predicted octanol–water partition coefficient (Wildman–Crippen LogP) is 0.603. The first kappa shape index (κ1) is 10.5. The first-order valence-electron chi connectivity index (χ1n) is 4.68. The zero-order chi connectivity index (χ0) is 9.84. The number of carboxylic acid groups (broad SMARTS) is 1. The summed E-state index contributed by atoms with van der Waals surface area (Å²) in [7, 11) is 1.62. The van der Waals surface area contributed by atoms with Crippen LogP contribution >= 0.6 is 0 Å². The predicted molar refractivity (Wildman–Crippen MR) is 48.4 cm³/mol. The van der Waals surface area contributed by atoms with Crippen LogP contribution in [0.3, 0.4) is 0 Å². The summed E-state index contributed by atoms with van der Waals surface area (Å²) in [5.74, 6) is -0.940. The molecule has 3 atom stereocenters. The van der Waals surface area contributed by atoms with Crippen LogP contribution in [0.1, 0.15) is 25.7 Å². The lowest BCUT2D eigenvalue weighted by Gasteiger charge is -2.32. The van der Waals surface area contributed by atoms with Gasteiger partial charge in [-0.25, -0.2) is 0 Å². The average molecular weight is 187 g/mol. The molecule has 3 N–H and O–H groups in total. The summed E-state index contributed by atoms with van der Waals surface area (Å²) < 4.78 is 5.23. The van der Waals surface area contributed by atoms with E-state index in [0.717, 1.165) is 25.7 Å². The molecule has 0 aromatic rings. The normalized spacial score (nSPS) is 31.2. The molecule has 0 heterocycles. The molecular weight excluding hydrogens is 170 g/mol. The van der Waals surface area contributed by atoms with Gasteiger partial charge in [-0.15, -0.1) is 0 Å². The third-order valence-corrected chi connectivity index (χ3v) is 2.80. The average Bonchev–Trinajstić information content (AvgIpc) is 2.16. The smallest absolute Gasteiger partial charge is 0.320 e. The summed E-state index contributed by atoms with van der Waals surface area (Å²) >= 11 is 0. The molecule has 0 bridgehead atoms. The van der Waals surface area contributed by atoms with E-state index < -0.39 is 12.0 Å².